The van der Waals surface area contributed by atoms with E-state index in [0.29, 0.717) is 35.8 Å². The molecule has 14 heteroatoms. The van der Waals surface area contributed by atoms with Gasteiger partial charge in [-0.3, -0.25) is 9.25 Å². The topological polar surface area (TPSA) is 124 Å². The van der Waals surface area contributed by atoms with Crippen LogP contribution in [0.2, 0.25) is 54.4 Å². The Hall–Kier alpha value is -2.73. The molecule has 1 aliphatic rings. The van der Waals surface area contributed by atoms with Crippen LogP contribution in [0.4, 0.5) is 5.82 Å². The molecule has 0 radical (unpaired) electrons. The van der Waals surface area contributed by atoms with E-state index in [2.05, 4.69) is 119 Å². The Morgan fingerprint density at radius 3 is 1.92 bits per heavy atom. The quantitative estimate of drug-likeness (QED) is 0.149. The summed E-state index contributed by atoms with van der Waals surface area (Å²) in [5.74, 6) is 0.702. The molecule has 0 aliphatic carbocycles. The Kier molecular flexibility index (Phi) is 11.0. The van der Waals surface area contributed by atoms with E-state index in [4.69, 9.17) is 38.8 Å². The predicted molar refractivity (Wildman–Crippen MR) is 218 cm³/mol. The van der Waals surface area contributed by atoms with Crippen LogP contribution in [0, 0.1) is 0 Å². The lowest BCUT2D eigenvalue weighted by atomic mass is 10.1. The third-order valence-electron chi connectivity index (χ3n) is 12.0. The van der Waals surface area contributed by atoms with Gasteiger partial charge in [0, 0.05) is 6.20 Å². The molecule has 4 heterocycles. The molecule has 11 nitrogen and oxygen atoms in total. The van der Waals surface area contributed by atoms with Gasteiger partial charge in [0.05, 0.1) is 19.5 Å². The van der Waals surface area contributed by atoms with E-state index in [9.17, 15) is 0 Å². The van der Waals surface area contributed by atoms with Crippen LogP contribution in [-0.4, -0.2) is 79.2 Å². The van der Waals surface area contributed by atoms with E-state index >= 15 is 0 Å². The molecule has 1 aromatic carbocycles. The fraction of sp³-hybridized carbons (Fsp3) is 0.632. The van der Waals surface area contributed by atoms with Gasteiger partial charge in [-0.25, -0.2) is 15.0 Å². The van der Waals surface area contributed by atoms with Gasteiger partial charge in [0.1, 0.15) is 29.5 Å². The van der Waals surface area contributed by atoms with Gasteiger partial charge in [0.2, 0.25) is 0 Å². The number of hydrogen-bond acceptors (Lipinski definition) is 9. The second-order valence-electron chi connectivity index (χ2n) is 19.0. The molecule has 2 N–H and O–H groups in total. The summed E-state index contributed by atoms with van der Waals surface area (Å²) in [4.78, 5) is 14.4. The Morgan fingerprint density at radius 1 is 0.769 bits per heavy atom. The van der Waals surface area contributed by atoms with Crippen molar-refractivity contribution >= 4 is 41.9 Å². The zero-order chi connectivity index (χ0) is 38.7. The Morgan fingerprint density at radius 2 is 1.35 bits per heavy atom. The summed E-state index contributed by atoms with van der Waals surface area (Å²) >= 11 is 0. The number of nitrogens with zero attached hydrogens (tertiary/aromatic N) is 6. The second-order valence-corrected chi connectivity index (χ2v) is 33.3. The van der Waals surface area contributed by atoms with Gasteiger partial charge in [-0.05, 0) is 66.0 Å². The van der Waals surface area contributed by atoms with Crippen molar-refractivity contribution < 1.29 is 18.0 Å². The fourth-order valence-corrected chi connectivity index (χ4v) is 9.07. The molecule has 0 spiro atoms. The van der Waals surface area contributed by atoms with E-state index in [1.165, 1.54) is 0 Å². The number of ether oxygens (including phenoxy) is 1. The zero-order valence-electron chi connectivity index (χ0n) is 34.2. The predicted octanol–water partition coefficient (Wildman–Crippen LogP) is 9.02. The molecule has 4 aromatic rings. The van der Waals surface area contributed by atoms with Crippen LogP contribution in [0.1, 0.15) is 74.1 Å². The van der Waals surface area contributed by atoms with E-state index < -0.39 is 37.3 Å². The Labute approximate surface area is 314 Å². The molecule has 52 heavy (non-hydrogen) atoms. The molecule has 0 bridgehead atoms. The maximum Gasteiger partial charge on any atom is 0.192 e. The van der Waals surface area contributed by atoms with Crippen molar-refractivity contribution in [1.82, 2.24) is 29.3 Å². The first-order valence-electron chi connectivity index (χ1n) is 18.5. The molecule has 1 aliphatic heterocycles. The molecule has 3 aromatic heterocycles. The van der Waals surface area contributed by atoms with Gasteiger partial charge in [-0.15, -0.1) is 0 Å². The van der Waals surface area contributed by atoms with Gasteiger partial charge < -0.3 is 23.7 Å². The largest absolute Gasteiger partial charge is 0.414 e. The number of fused-ring (bicyclic) bond motifs is 1. The van der Waals surface area contributed by atoms with E-state index in [1.54, 1.807) is 6.33 Å². The van der Waals surface area contributed by atoms with Crippen molar-refractivity contribution in [2.45, 2.75) is 148 Å². The molecule has 0 unspecified atom stereocenters. The first kappa shape index (κ1) is 40.5. The number of hydrogen-bond donors (Lipinski definition) is 1. The van der Waals surface area contributed by atoms with Gasteiger partial charge in [-0.1, -0.05) is 92.6 Å². The number of anilines is 1. The molecular formula is C38H63N7O4Si3. The first-order valence-corrected chi connectivity index (χ1v) is 27.3. The summed E-state index contributed by atoms with van der Waals surface area (Å²) in [5.41, 5.74) is 9.43. The first-order chi connectivity index (χ1) is 23.8. The summed E-state index contributed by atoms with van der Waals surface area (Å²) < 4.78 is 32.6. The monoisotopic (exact) mass is 765 g/mol. The third kappa shape index (κ3) is 8.32. The van der Waals surface area contributed by atoms with E-state index in [1.807, 2.05) is 39.7 Å². The SMILES string of the molecule is CC(C)(C)[Si](C)(C)OC[C@H]1O[C@@H](n2cnc3c(N)nc(-c4ccn(Cc5ccccc5)n4)nc32)[C@H](O[Si](C)(C)C(C)(C)C)[C@@H]1O[Si](C)(C)C(C)(C)C. The van der Waals surface area contributed by atoms with Crippen molar-refractivity contribution in [2.75, 3.05) is 12.3 Å². The van der Waals surface area contributed by atoms with Crippen LogP contribution in [0.5, 0.6) is 0 Å². The van der Waals surface area contributed by atoms with E-state index in [-0.39, 0.29) is 33.1 Å². The van der Waals surface area contributed by atoms with Crippen LogP contribution >= 0.6 is 0 Å². The van der Waals surface area contributed by atoms with Gasteiger partial charge in [0.15, 0.2) is 48.5 Å². The highest BCUT2D eigenvalue weighted by atomic mass is 28.4. The highest BCUT2D eigenvalue weighted by molar-refractivity contribution is 6.75. The highest BCUT2D eigenvalue weighted by Crippen LogP contribution is 2.47. The van der Waals surface area contributed by atoms with Crippen LogP contribution in [-0.2, 0) is 24.6 Å². The minimum absolute atomic E-state index is 0.0281. The lowest BCUT2D eigenvalue weighted by Crippen LogP contribution is -2.54. The summed E-state index contributed by atoms with van der Waals surface area (Å²) in [6.45, 7) is 35.1. The molecule has 286 valence electrons. The average Bonchev–Trinajstić information content (AvgIpc) is 3.73. The maximum atomic E-state index is 7.38. The summed E-state index contributed by atoms with van der Waals surface area (Å²) in [6.07, 6.45) is 1.87. The minimum atomic E-state index is -2.36. The minimum Gasteiger partial charge on any atom is -0.414 e. The molecule has 1 saturated heterocycles. The summed E-state index contributed by atoms with van der Waals surface area (Å²) in [7, 11) is -6.80. The van der Waals surface area contributed by atoms with Crippen molar-refractivity contribution in [2.24, 2.45) is 0 Å². The average molecular weight is 766 g/mol. The van der Waals surface area contributed by atoms with Crippen LogP contribution in [0.15, 0.2) is 48.9 Å². The Bertz CT molecular complexity index is 1840. The Balaban J connectivity index is 1.60. The lowest BCUT2D eigenvalue weighted by Gasteiger charge is -2.44. The normalized spacial score (nSPS) is 21.0. The van der Waals surface area contributed by atoms with Gasteiger partial charge >= 0.3 is 0 Å². The van der Waals surface area contributed by atoms with Gasteiger partial charge in [-0.2, -0.15) is 5.10 Å². The maximum absolute atomic E-state index is 7.38. The van der Waals surface area contributed by atoms with Crippen molar-refractivity contribution in [3.8, 4) is 11.5 Å². The molecular weight excluding hydrogens is 703 g/mol. The van der Waals surface area contributed by atoms with Crippen molar-refractivity contribution in [3.63, 3.8) is 0 Å². The van der Waals surface area contributed by atoms with Crippen LogP contribution < -0.4 is 5.73 Å². The van der Waals surface area contributed by atoms with Crippen molar-refractivity contribution in [1.29, 1.82) is 0 Å². The number of nitrogens with two attached hydrogens (primary N) is 1. The highest BCUT2D eigenvalue weighted by Gasteiger charge is 2.55. The lowest BCUT2D eigenvalue weighted by molar-refractivity contribution is -0.0470. The number of aromatic nitrogens is 6. The fourth-order valence-electron chi connectivity index (χ4n) is 5.45. The van der Waals surface area contributed by atoms with E-state index in [0.717, 1.165) is 5.56 Å². The van der Waals surface area contributed by atoms with Crippen LogP contribution in [0.3, 0.4) is 0 Å². The van der Waals surface area contributed by atoms with Crippen molar-refractivity contribution in [3.05, 3.63) is 54.5 Å². The number of nitrogen functional groups attached to an aromatic ring is 1. The van der Waals surface area contributed by atoms with Gasteiger partial charge in [0.25, 0.3) is 0 Å². The second kappa shape index (κ2) is 14.2. The molecule has 0 saturated carbocycles. The standard InChI is InChI=1S/C38H63N7O4Si3/c1-36(2,3)50(10,11)46-24-28-30(48-51(12,13)37(4,5)6)31(49-52(14,15)38(7,8)9)35(47-28)45-25-40-29-32(39)41-33(42-34(29)45)27-21-22-44(43-27)23-26-19-17-16-18-20-26/h16-22,25,28,30-31,35H,23-24H2,1-15H3,(H2,39,41,42)/t28-,30-,31-,35-/m1/s1. The summed E-state index contributed by atoms with van der Waals surface area (Å²) in [6, 6.07) is 12.1. The number of imidazole rings is 1. The smallest absolute Gasteiger partial charge is 0.192 e. The third-order valence-corrected chi connectivity index (χ3v) is 25.4. The zero-order valence-corrected chi connectivity index (χ0v) is 37.2. The number of rotatable bonds is 11. The summed E-state index contributed by atoms with van der Waals surface area (Å²) in [5, 5.41) is 4.77. The number of benzene rings is 1. The molecule has 1 fully saturated rings. The molecule has 0 amide bonds. The molecule has 5 rings (SSSR count). The van der Waals surface area contributed by atoms with Crippen LogP contribution in [0.25, 0.3) is 22.7 Å². The molecule has 4 atom stereocenters.